The lowest BCUT2D eigenvalue weighted by molar-refractivity contribution is -0.136. The van der Waals surface area contributed by atoms with E-state index >= 15 is 0 Å². The minimum atomic E-state index is -2.98. The zero-order valence-corrected chi connectivity index (χ0v) is 13.6. The van der Waals surface area contributed by atoms with Crippen LogP contribution in [0.25, 0.3) is 0 Å². The predicted octanol–water partition coefficient (Wildman–Crippen LogP) is 2.47. The van der Waals surface area contributed by atoms with E-state index in [1.807, 2.05) is 24.3 Å². The molecule has 1 fully saturated rings. The van der Waals surface area contributed by atoms with Crippen LogP contribution in [0.3, 0.4) is 0 Å². The number of hydrogen-bond donors (Lipinski definition) is 2. The Bertz CT molecular complexity index is 627. The summed E-state index contributed by atoms with van der Waals surface area (Å²) in [5, 5.41) is 11.9. The Labute approximate surface area is 131 Å². The first-order valence-electron chi connectivity index (χ1n) is 7.61. The Morgan fingerprint density at radius 3 is 2.82 bits per heavy atom. The summed E-state index contributed by atoms with van der Waals surface area (Å²) < 4.78 is 23.4. The first-order chi connectivity index (χ1) is 10.3. The first kappa shape index (κ1) is 16.8. The number of nitrogens with one attached hydrogen (secondary N) is 1. The van der Waals surface area contributed by atoms with Gasteiger partial charge in [-0.2, -0.15) is 0 Å². The van der Waals surface area contributed by atoms with Crippen molar-refractivity contribution < 1.29 is 18.3 Å². The van der Waals surface area contributed by atoms with Gasteiger partial charge >= 0.3 is 5.97 Å². The van der Waals surface area contributed by atoms with Gasteiger partial charge in [0.2, 0.25) is 0 Å². The van der Waals surface area contributed by atoms with E-state index in [1.165, 1.54) is 6.26 Å². The highest BCUT2D eigenvalue weighted by molar-refractivity contribution is 7.91. The van der Waals surface area contributed by atoms with Crippen molar-refractivity contribution in [3.8, 4) is 0 Å². The van der Waals surface area contributed by atoms with E-state index < -0.39 is 15.8 Å². The highest BCUT2D eigenvalue weighted by atomic mass is 32.2. The molecule has 0 saturated heterocycles. The van der Waals surface area contributed by atoms with Crippen LogP contribution in [-0.2, 0) is 21.1 Å². The standard InChI is InChI=1S/C16H23NO4S/c1-22(20,21)15-7-3-6-14(11-15)17-13-5-2-4-12(10-13)8-9-16(18)19/h2,4-5,10,14-15,17H,3,6-9,11H2,1H3,(H,18,19). The van der Waals surface area contributed by atoms with Crippen molar-refractivity contribution in [2.45, 2.75) is 49.8 Å². The van der Waals surface area contributed by atoms with E-state index in [0.717, 1.165) is 30.5 Å². The molecule has 6 heteroatoms. The fourth-order valence-corrected chi connectivity index (χ4v) is 4.15. The van der Waals surface area contributed by atoms with Crippen molar-refractivity contribution in [1.82, 2.24) is 0 Å². The summed E-state index contributed by atoms with van der Waals surface area (Å²) in [6.45, 7) is 0. The molecule has 0 aliphatic heterocycles. The van der Waals surface area contributed by atoms with E-state index in [9.17, 15) is 13.2 Å². The lowest BCUT2D eigenvalue weighted by atomic mass is 9.94. The molecule has 2 N–H and O–H groups in total. The molecule has 1 aliphatic rings. The van der Waals surface area contributed by atoms with E-state index in [2.05, 4.69) is 5.32 Å². The molecule has 0 bridgehead atoms. The maximum absolute atomic E-state index is 11.7. The van der Waals surface area contributed by atoms with E-state index in [1.54, 1.807) is 0 Å². The molecular weight excluding hydrogens is 302 g/mol. The van der Waals surface area contributed by atoms with Crippen LogP contribution in [0.15, 0.2) is 24.3 Å². The number of aryl methyl sites for hydroxylation is 1. The van der Waals surface area contributed by atoms with Crippen LogP contribution in [-0.4, -0.2) is 37.0 Å². The molecular formula is C16H23NO4S. The minimum Gasteiger partial charge on any atom is -0.481 e. The fraction of sp³-hybridized carbons (Fsp3) is 0.562. The van der Waals surface area contributed by atoms with Gasteiger partial charge in [0, 0.05) is 24.4 Å². The van der Waals surface area contributed by atoms with E-state index in [-0.39, 0.29) is 17.7 Å². The molecule has 2 atom stereocenters. The molecule has 5 nitrogen and oxygen atoms in total. The summed E-state index contributed by atoms with van der Waals surface area (Å²) in [7, 11) is -2.98. The third-order valence-corrected chi connectivity index (χ3v) is 5.80. The SMILES string of the molecule is CS(=O)(=O)C1CCCC(Nc2cccc(CCC(=O)O)c2)C1. The predicted molar refractivity (Wildman–Crippen MR) is 86.9 cm³/mol. The molecule has 122 valence electrons. The Morgan fingerprint density at radius 2 is 2.14 bits per heavy atom. The van der Waals surface area contributed by atoms with Crippen molar-refractivity contribution in [1.29, 1.82) is 0 Å². The number of benzene rings is 1. The Morgan fingerprint density at radius 1 is 1.36 bits per heavy atom. The quantitative estimate of drug-likeness (QED) is 0.839. The van der Waals surface area contributed by atoms with Crippen molar-refractivity contribution in [3.05, 3.63) is 29.8 Å². The molecule has 1 aromatic rings. The highest BCUT2D eigenvalue weighted by Gasteiger charge is 2.28. The van der Waals surface area contributed by atoms with Gasteiger partial charge in [-0.1, -0.05) is 18.6 Å². The number of aliphatic carboxylic acids is 1. The number of carbonyl (C=O) groups is 1. The van der Waals surface area contributed by atoms with Crippen LogP contribution in [0, 0.1) is 0 Å². The van der Waals surface area contributed by atoms with Crippen LogP contribution in [0.2, 0.25) is 0 Å². The summed E-state index contributed by atoms with van der Waals surface area (Å²) in [5.41, 5.74) is 1.91. The smallest absolute Gasteiger partial charge is 0.303 e. The van der Waals surface area contributed by atoms with Gasteiger partial charge in [-0.25, -0.2) is 8.42 Å². The van der Waals surface area contributed by atoms with Crippen molar-refractivity contribution in [2.75, 3.05) is 11.6 Å². The summed E-state index contributed by atoms with van der Waals surface area (Å²) >= 11 is 0. The van der Waals surface area contributed by atoms with Crippen LogP contribution >= 0.6 is 0 Å². The number of rotatable bonds is 6. The Balaban J connectivity index is 1.98. The third-order valence-electron chi connectivity index (χ3n) is 4.16. The zero-order chi connectivity index (χ0) is 16.2. The maximum Gasteiger partial charge on any atom is 0.303 e. The molecule has 1 saturated carbocycles. The van der Waals surface area contributed by atoms with Gasteiger partial charge < -0.3 is 10.4 Å². The Kier molecular flexibility index (Phi) is 5.45. The van der Waals surface area contributed by atoms with E-state index in [4.69, 9.17) is 5.11 Å². The normalized spacial score (nSPS) is 22.2. The van der Waals surface area contributed by atoms with E-state index in [0.29, 0.717) is 12.8 Å². The molecule has 2 unspecified atom stereocenters. The molecule has 0 spiro atoms. The third kappa shape index (κ3) is 5.02. The molecule has 0 amide bonds. The molecule has 0 radical (unpaired) electrons. The molecule has 1 aliphatic carbocycles. The van der Waals surface area contributed by atoms with Gasteiger partial charge in [0.1, 0.15) is 9.84 Å². The van der Waals surface area contributed by atoms with Gasteiger partial charge in [-0.05, 0) is 43.4 Å². The second-order valence-corrected chi connectivity index (χ2v) is 8.38. The highest BCUT2D eigenvalue weighted by Crippen LogP contribution is 2.26. The molecule has 2 rings (SSSR count). The number of anilines is 1. The van der Waals surface area contributed by atoms with Crippen molar-refractivity contribution in [2.24, 2.45) is 0 Å². The summed E-state index contributed by atoms with van der Waals surface area (Å²) in [5.74, 6) is -0.804. The lowest BCUT2D eigenvalue weighted by Gasteiger charge is -2.29. The van der Waals surface area contributed by atoms with Gasteiger partial charge in [0.05, 0.1) is 5.25 Å². The second-order valence-electron chi connectivity index (χ2n) is 6.05. The van der Waals surface area contributed by atoms with Gasteiger partial charge in [0.25, 0.3) is 0 Å². The number of carboxylic acid groups (broad SMARTS) is 1. The fourth-order valence-electron chi connectivity index (χ4n) is 2.97. The van der Waals surface area contributed by atoms with Gasteiger partial charge in [-0.3, -0.25) is 4.79 Å². The molecule has 1 aromatic carbocycles. The second kappa shape index (κ2) is 7.13. The number of carboxylic acids is 1. The van der Waals surface area contributed by atoms with Crippen LogP contribution in [0.5, 0.6) is 0 Å². The van der Waals surface area contributed by atoms with Gasteiger partial charge in [-0.15, -0.1) is 0 Å². The largest absolute Gasteiger partial charge is 0.481 e. The van der Waals surface area contributed by atoms with Crippen LogP contribution in [0.4, 0.5) is 5.69 Å². The average molecular weight is 325 g/mol. The van der Waals surface area contributed by atoms with Crippen molar-refractivity contribution in [3.63, 3.8) is 0 Å². The zero-order valence-electron chi connectivity index (χ0n) is 12.8. The minimum absolute atomic E-state index is 0.114. The molecule has 0 aromatic heterocycles. The van der Waals surface area contributed by atoms with Crippen LogP contribution in [0.1, 0.15) is 37.7 Å². The van der Waals surface area contributed by atoms with Crippen LogP contribution < -0.4 is 5.32 Å². The topological polar surface area (TPSA) is 83.5 Å². The lowest BCUT2D eigenvalue weighted by Crippen LogP contribution is -2.34. The summed E-state index contributed by atoms with van der Waals surface area (Å²) in [6, 6.07) is 7.86. The monoisotopic (exact) mass is 325 g/mol. The van der Waals surface area contributed by atoms with Gasteiger partial charge in [0.15, 0.2) is 0 Å². The first-order valence-corrected chi connectivity index (χ1v) is 9.56. The Hall–Kier alpha value is -1.56. The summed E-state index contributed by atoms with van der Waals surface area (Å²) in [4.78, 5) is 10.6. The summed E-state index contributed by atoms with van der Waals surface area (Å²) in [6.07, 6.45) is 5.18. The van der Waals surface area contributed by atoms with Crippen molar-refractivity contribution >= 4 is 21.5 Å². The molecule has 22 heavy (non-hydrogen) atoms. The maximum atomic E-state index is 11.7. The number of hydrogen-bond acceptors (Lipinski definition) is 4. The number of sulfone groups is 1. The average Bonchev–Trinajstić information content (AvgIpc) is 2.45. The molecule has 0 heterocycles.